The van der Waals surface area contributed by atoms with Crippen LogP contribution in [-0.2, 0) is 14.8 Å². The number of ether oxygens (including phenoxy) is 1. The first-order chi connectivity index (χ1) is 13.5. The highest BCUT2D eigenvalue weighted by Gasteiger charge is 2.29. The summed E-state index contributed by atoms with van der Waals surface area (Å²) >= 11 is 0. The predicted octanol–water partition coefficient (Wildman–Crippen LogP) is 0.963. The highest BCUT2D eigenvalue weighted by Crippen LogP contribution is 2.22. The van der Waals surface area contributed by atoms with Gasteiger partial charge in [0.15, 0.2) is 0 Å². The van der Waals surface area contributed by atoms with Gasteiger partial charge in [-0.1, -0.05) is 0 Å². The van der Waals surface area contributed by atoms with Crippen LogP contribution in [0.3, 0.4) is 0 Å². The molecule has 0 saturated carbocycles. The van der Waals surface area contributed by atoms with Crippen LogP contribution in [0.1, 0.15) is 0 Å². The Labute approximate surface area is 163 Å². The Bertz CT molecular complexity index is 911. The Morgan fingerprint density at radius 1 is 0.857 bits per heavy atom. The minimum absolute atomic E-state index is 0.110. The van der Waals surface area contributed by atoms with E-state index in [0.29, 0.717) is 39.4 Å². The normalized spacial score (nSPS) is 19.0. The average Bonchev–Trinajstić information content (AvgIpc) is 2.75. The summed E-state index contributed by atoms with van der Waals surface area (Å²) in [4.78, 5) is 13.0. The van der Waals surface area contributed by atoms with Crippen molar-refractivity contribution >= 4 is 21.7 Å². The van der Waals surface area contributed by atoms with Crippen molar-refractivity contribution in [3.8, 4) is 0 Å². The summed E-state index contributed by atoms with van der Waals surface area (Å²) in [5, 5.41) is 0. The topological polar surface area (TPSA) is 78.9 Å². The summed E-state index contributed by atoms with van der Waals surface area (Å²) < 4.78 is 45.4. The number of sulfonamides is 1. The van der Waals surface area contributed by atoms with E-state index in [-0.39, 0.29) is 4.90 Å². The molecule has 2 aromatic rings. The van der Waals surface area contributed by atoms with E-state index in [1.807, 2.05) is 6.07 Å². The number of nitrogens with zero attached hydrogens (tertiary/aromatic N) is 5. The van der Waals surface area contributed by atoms with Gasteiger partial charge >= 0.3 is 0 Å². The molecule has 2 aliphatic rings. The summed E-state index contributed by atoms with van der Waals surface area (Å²) in [5.41, 5.74) is 0. The number of halogens is 1. The summed E-state index contributed by atoms with van der Waals surface area (Å²) in [5.74, 6) is 1.19. The fourth-order valence-electron chi connectivity index (χ4n) is 3.39. The Hall–Kier alpha value is -2.30. The quantitative estimate of drug-likeness (QED) is 0.747. The van der Waals surface area contributed by atoms with Crippen molar-refractivity contribution < 1.29 is 17.5 Å². The van der Waals surface area contributed by atoms with Gasteiger partial charge < -0.3 is 14.5 Å². The molecule has 2 saturated heterocycles. The standard InChI is InChI=1S/C18H22FN5O3S/c19-15-1-3-16(4-2-15)28(25,26)24-7-5-22(6-8-24)17-13-18(21-14-20-17)23-9-11-27-12-10-23/h1-4,13-14H,5-12H2. The van der Waals surface area contributed by atoms with Gasteiger partial charge in [0.2, 0.25) is 10.0 Å². The van der Waals surface area contributed by atoms with Crippen LogP contribution in [0.25, 0.3) is 0 Å². The third-order valence-electron chi connectivity index (χ3n) is 4.99. The minimum atomic E-state index is -3.62. The molecule has 1 aromatic heterocycles. The molecule has 0 unspecified atom stereocenters. The Morgan fingerprint density at radius 3 is 2.04 bits per heavy atom. The van der Waals surface area contributed by atoms with Crippen LogP contribution in [0, 0.1) is 5.82 Å². The molecule has 0 radical (unpaired) electrons. The molecule has 0 N–H and O–H groups in total. The van der Waals surface area contributed by atoms with Crippen LogP contribution in [0.15, 0.2) is 41.6 Å². The Morgan fingerprint density at radius 2 is 1.43 bits per heavy atom. The summed E-state index contributed by atoms with van der Waals surface area (Å²) in [6.07, 6.45) is 1.54. The van der Waals surface area contributed by atoms with Crippen LogP contribution >= 0.6 is 0 Å². The highest BCUT2D eigenvalue weighted by atomic mass is 32.2. The zero-order valence-corrected chi connectivity index (χ0v) is 16.2. The zero-order chi connectivity index (χ0) is 19.6. The summed E-state index contributed by atoms with van der Waals surface area (Å²) in [6.45, 7) is 4.69. The smallest absolute Gasteiger partial charge is 0.243 e. The van der Waals surface area contributed by atoms with Gasteiger partial charge in [-0.05, 0) is 24.3 Å². The van der Waals surface area contributed by atoms with Gasteiger partial charge in [0.1, 0.15) is 23.8 Å². The van der Waals surface area contributed by atoms with Crippen molar-refractivity contribution in [2.75, 3.05) is 62.3 Å². The van der Waals surface area contributed by atoms with Crippen molar-refractivity contribution in [3.05, 3.63) is 42.5 Å². The van der Waals surface area contributed by atoms with Crippen molar-refractivity contribution in [2.45, 2.75) is 4.90 Å². The fraction of sp³-hybridized carbons (Fsp3) is 0.444. The minimum Gasteiger partial charge on any atom is -0.378 e. The first-order valence-electron chi connectivity index (χ1n) is 9.19. The third-order valence-corrected chi connectivity index (χ3v) is 6.90. The van der Waals surface area contributed by atoms with Crippen molar-refractivity contribution in [3.63, 3.8) is 0 Å². The molecule has 4 rings (SSSR count). The van der Waals surface area contributed by atoms with Crippen LogP contribution in [0.5, 0.6) is 0 Å². The van der Waals surface area contributed by atoms with E-state index in [4.69, 9.17) is 4.74 Å². The van der Waals surface area contributed by atoms with Gasteiger partial charge in [0, 0.05) is 45.3 Å². The molecule has 10 heteroatoms. The fourth-order valence-corrected chi connectivity index (χ4v) is 4.81. The molecule has 2 fully saturated rings. The average molecular weight is 407 g/mol. The molecule has 150 valence electrons. The molecule has 1 aromatic carbocycles. The van der Waals surface area contributed by atoms with E-state index >= 15 is 0 Å². The molecule has 0 aliphatic carbocycles. The molecule has 0 atom stereocenters. The molecule has 0 bridgehead atoms. The second-order valence-electron chi connectivity index (χ2n) is 6.68. The van der Waals surface area contributed by atoms with E-state index in [1.165, 1.54) is 16.4 Å². The molecule has 0 amide bonds. The first kappa shape index (κ1) is 19.0. The Balaban J connectivity index is 1.43. The lowest BCUT2D eigenvalue weighted by Gasteiger charge is -2.35. The van der Waals surface area contributed by atoms with Crippen LogP contribution in [0.4, 0.5) is 16.0 Å². The van der Waals surface area contributed by atoms with E-state index in [1.54, 1.807) is 6.33 Å². The van der Waals surface area contributed by atoms with Crippen LogP contribution in [0.2, 0.25) is 0 Å². The maximum absolute atomic E-state index is 13.1. The van der Waals surface area contributed by atoms with Gasteiger partial charge in [-0.3, -0.25) is 0 Å². The molecular formula is C18H22FN5O3S. The van der Waals surface area contributed by atoms with Crippen LogP contribution < -0.4 is 9.80 Å². The largest absolute Gasteiger partial charge is 0.378 e. The van der Waals surface area contributed by atoms with Gasteiger partial charge in [-0.25, -0.2) is 22.8 Å². The molecule has 8 nitrogen and oxygen atoms in total. The number of morpholine rings is 1. The second kappa shape index (κ2) is 7.98. The Kier molecular flexibility index (Phi) is 5.42. The monoisotopic (exact) mass is 407 g/mol. The molecule has 3 heterocycles. The van der Waals surface area contributed by atoms with E-state index in [2.05, 4.69) is 19.8 Å². The van der Waals surface area contributed by atoms with E-state index < -0.39 is 15.8 Å². The number of hydrogen-bond donors (Lipinski definition) is 0. The predicted molar refractivity (Wildman–Crippen MR) is 102 cm³/mol. The first-order valence-corrected chi connectivity index (χ1v) is 10.6. The molecular weight excluding hydrogens is 385 g/mol. The number of aromatic nitrogens is 2. The van der Waals surface area contributed by atoms with Crippen molar-refractivity contribution in [1.29, 1.82) is 0 Å². The van der Waals surface area contributed by atoms with E-state index in [0.717, 1.165) is 36.9 Å². The lowest BCUT2D eigenvalue weighted by Crippen LogP contribution is -2.49. The molecule has 0 spiro atoms. The van der Waals surface area contributed by atoms with Gasteiger partial charge in [-0.15, -0.1) is 0 Å². The van der Waals surface area contributed by atoms with Crippen molar-refractivity contribution in [1.82, 2.24) is 14.3 Å². The maximum Gasteiger partial charge on any atom is 0.243 e. The number of benzene rings is 1. The van der Waals surface area contributed by atoms with Gasteiger partial charge in [0.25, 0.3) is 0 Å². The van der Waals surface area contributed by atoms with Gasteiger partial charge in [0.05, 0.1) is 18.1 Å². The number of anilines is 2. The number of piperazine rings is 1. The second-order valence-corrected chi connectivity index (χ2v) is 8.62. The zero-order valence-electron chi connectivity index (χ0n) is 15.4. The maximum atomic E-state index is 13.1. The van der Waals surface area contributed by atoms with Crippen molar-refractivity contribution in [2.24, 2.45) is 0 Å². The van der Waals surface area contributed by atoms with Crippen LogP contribution in [-0.4, -0.2) is 75.2 Å². The van der Waals surface area contributed by atoms with E-state index in [9.17, 15) is 12.8 Å². The number of hydrogen-bond acceptors (Lipinski definition) is 7. The third kappa shape index (κ3) is 3.94. The summed E-state index contributed by atoms with van der Waals surface area (Å²) in [7, 11) is -3.62. The lowest BCUT2D eigenvalue weighted by molar-refractivity contribution is 0.122. The SMILES string of the molecule is O=S(=O)(c1ccc(F)cc1)N1CCN(c2cc(N3CCOCC3)ncn2)CC1. The number of rotatable bonds is 4. The van der Waals surface area contributed by atoms with Gasteiger partial charge in [-0.2, -0.15) is 4.31 Å². The molecule has 28 heavy (non-hydrogen) atoms. The summed E-state index contributed by atoms with van der Waals surface area (Å²) in [6, 6.07) is 6.87. The lowest BCUT2D eigenvalue weighted by atomic mass is 10.3. The highest BCUT2D eigenvalue weighted by molar-refractivity contribution is 7.89. The molecule has 2 aliphatic heterocycles.